The van der Waals surface area contributed by atoms with Crippen LogP contribution in [-0.2, 0) is 11.3 Å². The number of carbonyl (C=O) groups is 1. The van der Waals surface area contributed by atoms with E-state index in [1.165, 1.54) is 24.8 Å². The number of anilines is 1. The lowest BCUT2D eigenvalue weighted by Crippen LogP contribution is -2.00. The van der Waals surface area contributed by atoms with Crippen LogP contribution in [0.4, 0.5) is 5.13 Å². The Hall–Kier alpha value is -1.96. The van der Waals surface area contributed by atoms with Crippen LogP contribution in [0.25, 0.3) is 0 Å². The highest BCUT2D eigenvalue weighted by molar-refractivity contribution is 7.17. The molecule has 0 bridgehead atoms. The Balaban J connectivity index is 2.05. The first kappa shape index (κ1) is 11.5. The van der Waals surface area contributed by atoms with E-state index in [0.717, 1.165) is 0 Å². The van der Waals surface area contributed by atoms with Crippen molar-refractivity contribution in [1.29, 1.82) is 0 Å². The second kappa shape index (κ2) is 4.91. The van der Waals surface area contributed by atoms with E-state index in [1.54, 1.807) is 6.92 Å². The number of rotatable bonds is 4. The summed E-state index contributed by atoms with van der Waals surface area (Å²) in [5.41, 5.74) is 0.655. The number of hydrogen-bond acceptors (Lipinski definition) is 7. The van der Waals surface area contributed by atoms with E-state index < -0.39 is 0 Å². The van der Waals surface area contributed by atoms with Crippen molar-refractivity contribution in [2.75, 3.05) is 12.4 Å². The zero-order valence-electron chi connectivity index (χ0n) is 9.35. The smallest absolute Gasteiger partial charge is 0.350 e. The average Bonchev–Trinajstić information content (AvgIpc) is 2.94. The molecule has 0 radical (unpaired) electrons. The van der Waals surface area contributed by atoms with Gasteiger partial charge in [-0.2, -0.15) is 5.10 Å². The number of hydrogen-bond donors (Lipinski definition) is 2. The summed E-state index contributed by atoms with van der Waals surface area (Å²) in [6.45, 7) is 2.25. The van der Waals surface area contributed by atoms with Gasteiger partial charge in [0.05, 0.1) is 19.3 Å². The Morgan fingerprint density at radius 2 is 2.47 bits per heavy atom. The monoisotopic (exact) mass is 253 g/mol. The fraction of sp³-hybridized carbons (Fsp3) is 0.333. The van der Waals surface area contributed by atoms with Gasteiger partial charge in [0.15, 0.2) is 5.13 Å². The molecule has 0 aliphatic heterocycles. The Kier molecular flexibility index (Phi) is 3.33. The molecule has 8 heteroatoms. The van der Waals surface area contributed by atoms with Crippen molar-refractivity contribution in [1.82, 2.24) is 20.2 Å². The standard InChI is InChI=1S/C9H11N5O2S/c1-5-7(8(15)16-2)17-9(13-5)10-3-6-11-4-12-14-6/h4H,3H2,1-2H3,(H,10,13)(H,11,12,14). The lowest BCUT2D eigenvalue weighted by Gasteiger charge is -1.97. The maximum atomic E-state index is 11.4. The van der Waals surface area contributed by atoms with E-state index in [4.69, 9.17) is 0 Å². The fourth-order valence-electron chi connectivity index (χ4n) is 1.23. The summed E-state index contributed by atoms with van der Waals surface area (Å²) in [7, 11) is 1.35. The lowest BCUT2D eigenvalue weighted by atomic mass is 10.4. The van der Waals surface area contributed by atoms with E-state index >= 15 is 0 Å². The number of aryl methyl sites for hydroxylation is 1. The minimum atomic E-state index is -0.368. The number of methoxy groups -OCH3 is 1. The second-order valence-corrected chi connectivity index (χ2v) is 4.21. The van der Waals surface area contributed by atoms with Crippen molar-refractivity contribution in [2.24, 2.45) is 0 Å². The van der Waals surface area contributed by atoms with Crippen LogP contribution in [0.1, 0.15) is 21.2 Å². The van der Waals surface area contributed by atoms with Crippen LogP contribution in [0, 0.1) is 6.92 Å². The van der Waals surface area contributed by atoms with Crippen LogP contribution in [0.2, 0.25) is 0 Å². The fourth-order valence-corrected chi connectivity index (χ4v) is 2.11. The van der Waals surface area contributed by atoms with Crippen LogP contribution in [0.5, 0.6) is 0 Å². The lowest BCUT2D eigenvalue weighted by molar-refractivity contribution is 0.0605. The summed E-state index contributed by atoms with van der Waals surface area (Å²) in [5, 5.41) is 10.2. The first-order valence-corrected chi connectivity index (χ1v) is 5.66. The predicted molar refractivity (Wildman–Crippen MR) is 61.9 cm³/mol. The van der Waals surface area contributed by atoms with Gasteiger partial charge in [-0.1, -0.05) is 11.3 Å². The molecular formula is C9H11N5O2S. The van der Waals surface area contributed by atoms with Gasteiger partial charge in [-0.05, 0) is 6.92 Å². The second-order valence-electron chi connectivity index (χ2n) is 3.21. The van der Waals surface area contributed by atoms with Gasteiger partial charge in [-0.15, -0.1) is 0 Å². The Morgan fingerprint density at radius 1 is 1.65 bits per heavy atom. The van der Waals surface area contributed by atoms with Crippen LogP contribution < -0.4 is 5.32 Å². The number of aromatic amines is 1. The van der Waals surface area contributed by atoms with Gasteiger partial charge in [0.1, 0.15) is 17.0 Å². The molecule has 0 atom stereocenters. The quantitative estimate of drug-likeness (QED) is 0.789. The summed E-state index contributed by atoms with van der Waals surface area (Å²) in [4.78, 5) is 20.1. The molecule has 0 saturated carbocycles. The van der Waals surface area contributed by atoms with Gasteiger partial charge >= 0.3 is 5.97 Å². The van der Waals surface area contributed by atoms with Crippen molar-refractivity contribution in [3.05, 3.63) is 22.7 Å². The predicted octanol–water partition coefficient (Wildman–Crippen LogP) is 0.968. The van der Waals surface area contributed by atoms with Crippen LogP contribution in [0.3, 0.4) is 0 Å². The van der Waals surface area contributed by atoms with Gasteiger partial charge < -0.3 is 10.1 Å². The SMILES string of the molecule is COC(=O)c1sc(NCc2ncn[nH]2)nc1C. The molecule has 2 heterocycles. The third-order valence-corrected chi connectivity index (χ3v) is 3.13. The number of ether oxygens (including phenoxy) is 1. The maximum Gasteiger partial charge on any atom is 0.350 e. The molecule has 0 aromatic carbocycles. The minimum Gasteiger partial charge on any atom is -0.465 e. The van der Waals surface area contributed by atoms with Gasteiger partial charge in [-0.25, -0.2) is 14.8 Å². The highest BCUT2D eigenvalue weighted by Gasteiger charge is 2.15. The maximum absolute atomic E-state index is 11.4. The molecule has 7 nitrogen and oxygen atoms in total. The molecule has 0 aliphatic rings. The van der Waals surface area contributed by atoms with E-state index in [0.29, 0.717) is 28.1 Å². The highest BCUT2D eigenvalue weighted by Crippen LogP contribution is 2.23. The van der Waals surface area contributed by atoms with Crippen LogP contribution in [-0.4, -0.2) is 33.2 Å². The number of nitrogens with one attached hydrogen (secondary N) is 2. The zero-order valence-corrected chi connectivity index (χ0v) is 10.2. The van der Waals surface area contributed by atoms with Crippen molar-refractivity contribution in [3.63, 3.8) is 0 Å². The minimum absolute atomic E-state index is 0.368. The van der Waals surface area contributed by atoms with Crippen molar-refractivity contribution in [3.8, 4) is 0 Å². The summed E-state index contributed by atoms with van der Waals surface area (Å²) >= 11 is 1.26. The van der Waals surface area contributed by atoms with E-state index in [9.17, 15) is 4.79 Å². The Morgan fingerprint density at radius 3 is 3.12 bits per heavy atom. The number of aromatic nitrogens is 4. The largest absolute Gasteiger partial charge is 0.465 e. The van der Waals surface area contributed by atoms with Gasteiger partial charge in [0.25, 0.3) is 0 Å². The molecule has 0 aliphatic carbocycles. The number of thiazole rings is 1. The molecule has 0 amide bonds. The molecular weight excluding hydrogens is 242 g/mol. The Bertz CT molecular complexity index is 507. The molecule has 2 aromatic rings. The molecule has 17 heavy (non-hydrogen) atoms. The van der Waals surface area contributed by atoms with E-state index in [2.05, 4.69) is 30.2 Å². The summed E-state index contributed by atoms with van der Waals surface area (Å²) in [6.07, 6.45) is 1.43. The highest BCUT2D eigenvalue weighted by atomic mass is 32.1. The zero-order chi connectivity index (χ0) is 12.3. The molecule has 2 N–H and O–H groups in total. The summed E-state index contributed by atoms with van der Waals surface area (Å²) < 4.78 is 4.66. The average molecular weight is 253 g/mol. The first-order valence-electron chi connectivity index (χ1n) is 4.84. The van der Waals surface area contributed by atoms with Crippen LogP contribution >= 0.6 is 11.3 Å². The number of H-pyrrole nitrogens is 1. The third-order valence-electron chi connectivity index (χ3n) is 2.04. The molecule has 0 fully saturated rings. The van der Waals surface area contributed by atoms with E-state index in [-0.39, 0.29) is 5.97 Å². The molecule has 0 unspecified atom stereocenters. The molecule has 2 aromatic heterocycles. The molecule has 0 spiro atoms. The van der Waals surface area contributed by atoms with Crippen molar-refractivity contribution < 1.29 is 9.53 Å². The molecule has 2 rings (SSSR count). The van der Waals surface area contributed by atoms with Gasteiger partial charge in [0.2, 0.25) is 0 Å². The molecule has 0 saturated heterocycles. The first-order chi connectivity index (χ1) is 8.20. The van der Waals surface area contributed by atoms with Crippen molar-refractivity contribution in [2.45, 2.75) is 13.5 Å². The summed E-state index contributed by atoms with van der Waals surface area (Å²) in [6, 6.07) is 0. The summed E-state index contributed by atoms with van der Waals surface area (Å²) in [5.74, 6) is 0.338. The van der Waals surface area contributed by atoms with E-state index in [1.807, 2.05) is 0 Å². The van der Waals surface area contributed by atoms with Crippen molar-refractivity contribution >= 4 is 22.4 Å². The van der Waals surface area contributed by atoms with Gasteiger partial charge in [0, 0.05) is 0 Å². The molecule has 90 valence electrons. The third kappa shape index (κ3) is 2.59. The Labute approximate surface area is 101 Å². The van der Waals surface area contributed by atoms with Crippen LogP contribution in [0.15, 0.2) is 6.33 Å². The normalized spacial score (nSPS) is 10.2. The van der Waals surface area contributed by atoms with Gasteiger partial charge in [-0.3, -0.25) is 5.10 Å². The number of esters is 1. The number of nitrogens with zero attached hydrogens (tertiary/aromatic N) is 3. The number of carbonyl (C=O) groups excluding carboxylic acids is 1. The topological polar surface area (TPSA) is 92.8 Å².